The molecule has 0 N–H and O–H groups in total. The molecule has 0 atom stereocenters. The van der Waals surface area contributed by atoms with E-state index < -0.39 is 0 Å². The van der Waals surface area contributed by atoms with Crippen molar-refractivity contribution in [1.29, 1.82) is 0 Å². The van der Waals surface area contributed by atoms with Crippen LogP contribution in [0.25, 0.3) is 5.69 Å². The molecule has 0 aliphatic carbocycles. The maximum Gasteiger partial charge on any atom is 0.136 e. The van der Waals surface area contributed by atoms with Gasteiger partial charge >= 0.3 is 0 Å². The lowest BCUT2D eigenvalue weighted by atomic mass is 10.2. The monoisotopic (exact) mass is 307 g/mol. The molecule has 2 rings (SSSR count). The molecule has 0 fully saturated rings. The van der Waals surface area contributed by atoms with E-state index in [-0.39, 0.29) is 0 Å². The van der Waals surface area contributed by atoms with E-state index in [1.54, 1.807) is 0 Å². The predicted molar refractivity (Wildman–Crippen MR) is 79.9 cm³/mol. The lowest BCUT2D eigenvalue weighted by molar-refractivity contribution is 0.817. The fraction of sp³-hybridized carbons (Fsp3) is 0.357. The van der Waals surface area contributed by atoms with E-state index in [1.165, 1.54) is 5.56 Å². The molecule has 2 aromatic rings. The summed E-state index contributed by atoms with van der Waals surface area (Å²) in [5.41, 5.74) is 3.43. The average molecular weight is 308 g/mol. The summed E-state index contributed by atoms with van der Waals surface area (Å²) in [5, 5.41) is 5.49. The van der Waals surface area contributed by atoms with Gasteiger partial charge in [0.05, 0.1) is 11.4 Å². The lowest BCUT2D eigenvalue weighted by Crippen LogP contribution is -2.20. The van der Waals surface area contributed by atoms with Gasteiger partial charge in [0.1, 0.15) is 5.82 Å². The summed E-state index contributed by atoms with van der Waals surface area (Å²) >= 11 is 3.56. The first-order valence-corrected chi connectivity index (χ1v) is 7.22. The smallest absolute Gasteiger partial charge is 0.136 e. The van der Waals surface area contributed by atoms with Crippen molar-refractivity contribution >= 4 is 21.7 Å². The zero-order valence-corrected chi connectivity index (χ0v) is 12.6. The highest BCUT2D eigenvalue weighted by Gasteiger charge is 2.17. The Morgan fingerprint density at radius 3 is 2.50 bits per heavy atom. The standard InChI is InChI=1S/C14H18BrN3/c1-4-17(3)14-13(10-15)11(2)16-18(14)12-8-6-5-7-9-12/h5-9H,4,10H2,1-3H3. The Bertz CT molecular complexity index is 519. The van der Waals surface area contributed by atoms with Crippen LogP contribution in [0.1, 0.15) is 18.2 Å². The number of hydrogen-bond donors (Lipinski definition) is 0. The first-order valence-electron chi connectivity index (χ1n) is 6.10. The third-order valence-corrected chi connectivity index (χ3v) is 3.69. The second-order valence-electron chi connectivity index (χ2n) is 4.28. The number of aromatic nitrogens is 2. The zero-order valence-electron chi connectivity index (χ0n) is 11.0. The Kier molecular flexibility index (Phi) is 4.07. The quantitative estimate of drug-likeness (QED) is 0.806. The Balaban J connectivity index is 2.60. The molecule has 0 unspecified atom stereocenters. The molecule has 96 valence electrons. The summed E-state index contributed by atoms with van der Waals surface area (Å²) in [6.45, 7) is 5.16. The number of halogens is 1. The van der Waals surface area contributed by atoms with Crippen LogP contribution in [0.2, 0.25) is 0 Å². The molecule has 3 nitrogen and oxygen atoms in total. The van der Waals surface area contributed by atoms with Gasteiger partial charge in [-0.05, 0) is 26.0 Å². The molecular weight excluding hydrogens is 290 g/mol. The van der Waals surface area contributed by atoms with Crippen LogP contribution >= 0.6 is 15.9 Å². The number of anilines is 1. The summed E-state index contributed by atoms with van der Waals surface area (Å²) < 4.78 is 2.02. The fourth-order valence-electron chi connectivity index (χ4n) is 1.99. The lowest BCUT2D eigenvalue weighted by Gasteiger charge is -2.20. The topological polar surface area (TPSA) is 21.1 Å². The highest BCUT2D eigenvalue weighted by atomic mass is 79.9. The Morgan fingerprint density at radius 1 is 1.28 bits per heavy atom. The van der Waals surface area contributed by atoms with Crippen LogP contribution in [-0.2, 0) is 5.33 Å². The molecule has 0 amide bonds. The highest BCUT2D eigenvalue weighted by Crippen LogP contribution is 2.28. The van der Waals surface area contributed by atoms with Crippen LogP contribution in [0, 0.1) is 6.92 Å². The van der Waals surface area contributed by atoms with Crippen molar-refractivity contribution in [3.63, 3.8) is 0 Å². The van der Waals surface area contributed by atoms with E-state index in [4.69, 9.17) is 0 Å². The number of hydrogen-bond acceptors (Lipinski definition) is 2. The van der Waals surface area contributed by atoms with Gasteiger partial charge in [-0.1, -0.05) is 34.1 Å². The Hall–Kier alpha value is -1.29. The van der Waals surface area contributed by atoms with E-state index >= 15 is 0 Å². The predicted octanol–water partition coefficient (Wildman–Crippen LogP) is 3.53. The van der Waals surface area contributed by atoms with Crippen molar-refractivity contribution in [2.45, 2.75) is 19.2 Å². The fourth-order valence-corrected chi connectivity index (χ4v) is 2.65. The maximum atomic E-state index is 4.67. The van der Waals surface area contributed by atoms with Gasteiger partial charge < -0.3 is 4.90 Å². The first kappa shape index (κ1) is 13.1. The molecule has 0 spiro atoms. The number of aryl methyl sites for hydroxylation is 1. The van der Waals surface area contributed by atoms with Crippen molar-refractivity contribution < 1.29 is 0 Å². The molecule has 1 aromatic heterocycles. The zero-order chi connectivity index (χ0) is 13.1. The number of para-hydroxylation sites is 1. The Labute approximate surface area is 117 Å². The van der Waals surface area contributed by atoms with Crippen LogP contribution in [0.15, 0.2) is 30.3 Å². The normalized spacial score (nSPS) is 10.7. The van der Waals surface area contributed by atoms with Crippen molar-refractivity contribution in [3.8, 4) is 5.69 Å². The molecule has 0 radical (unpaired) electrons. The van der Waals surface area contributed by atoms with Crippen LogP contribution in [0.5, 0.6) is 0 Å². The summed E-state index contributed by atoms with van der Waals surface area (Å²) in [4.78, 5) is 2.23. The van der Waals surface area contributed by atoms with Crippen molar-refractivity contribution in [3.05, 3.63) is 41.6 Å². The highest BCUT2D eigenvalue weighted by molar-refractivity contribution is 9.08. The molecular formula is C14H18BrN3. The summed E-state index contributed by atoms with van der Waals surface area (Å²) in [7, 11) is 2.10. The second-order valence-corrected chi connectivity index (χ2v) is 4.84. The van der Waals surface area contributed by atoms with Gasteiger partial charge in [-0.25, -0.2) is 4.68 Å². The van der Waals surface area contributed by atoms with Gasteiger partial charge in [-0.3, -0.25) is 0 Å². The van der Waals surface area contributed by atoms with Gasteiger partial charge in [-0.15, -0.1) is 0 Å². The van der Waals surface area contributed by atoms with E-state index in [1.807, 2.05) is 22.9 Å². The van der Waals surface area contributed by atoms with Gasteiger partial charge in [0.25, 0.3) is 0 Å². The minimum absolute atomic E-state index is 0.825. The molecule has 0 aliphatic heterocycles. The van der Waals surface area contributed by atoms with E-state index in [0.29, 0.717) is 0 Å². The van der Waals surface area contributed by atoms with Crippen LogP contribution in [0.4, 0.5) is 5.82 Å². The van der Waals surface area contributed by atoms with E-state index in [9.17, 15) is 0 Å². The first-order chi connectivity index (χ1) is 8.69. The van der Waals surface area contributed by atoms with E-state index in [2.05, 4.69) is 59.0 Å². The molecule has 0 aliphatic rings. The largest absolute Gasteiger partial charge is 0.360 e. The SMILES string of the molecule is CCN(C)c1c(CBr)c(C)nn1-c1ccccc1. The van der Waals surface area contributed by atoms with Gasteiger partial charge in [0, 0.05) is 24.5 Å². The van der Waals surface area contributed by atoms with Gasteiger partial charge in [0.15, 0.2) is 0 Å². The van der Waals surface area contributed by atoms with Crippen molar-refractivity contribution in [1.82, 2.24) is 9.78 Å². The van der Waals surface area contributed by atoms with Crippen LogP contribution < -0.4 is 4.90 Å². The molecule has 0 saturated carbocycles. The molecule has 0 saturated heterocycles. The third kappa shape index (κ3) is 2.29. The molecule has 4 heteroatoms. The van der Waals surface area contributed by atoms with Crippen LogP contribution in [-0.4, -0.2) is 23.4 Å². The van der Waals surface area contributed by atoms with Gasteiger partial charge in [0.2, 0.25) is 0 Å². The molecule has 1 aromatic carbocycles. The maximum absolute atomic E-state index is 4.67. The van der Waals surface area contributed by atoms with Crippen LogP contribution in [0.3, 0.4) is 0 Å². The number of nitrogens with zero attached hydrogens (tertiary/aromatic N) is 3. The summed E-state index contributed by atoms with van der Waals surface area (Å²) in [6, 6.07) is 10.3. The minimum Gasteiger partial charge on any atom is -0.360 e. The summed E-state index contributed by atoms with van der Waals surface area (Å²) in [5.74, 6) is 1.16. The van der Waals surface area contributed by atoms with Crippen molar-refractivity contribution in [2.24, 2.45) is 0 Å². The molecule has 18 heavy (non-hydrogen) atoms. The number of benzene rings is 1. The third-order valence-electron chi connectivity index (χ3n) is 3.13. The Morgan fingerprint density at radius 2 is 1.94 bits per heavy atom. The second kappa shape index (κ2) is 5.57. The molecule has 1 heterocycles. The van der Waals surface area contributed by atoms with Gasteiger partial charge in [-0.2, -0.15) is 5.10 Å². The number of rotatable bonds is 4. The number of alkyl halides is 1. The minimum atomic E-state index is 0.825. The average Bonchev–Trinajstić information content (AvgIpc) is 2.75. The molecule has 0 bridgehead atoms. The van der Waals surface area contributed by atoms with E-state index in [0.717, 1.165) is 29.1 Å². The van der Waals surface area contributed by atoms with Crippen molar-refractivity contribution in [2.75, 3.05) is 18.5 Å². The summed E-state index contributed by atoms with van der Waals surface area (Å²) in [6.07, 6.45) is 0.